The van der Waals surface area contributed by atoms with Crippen LogP contribution in [0, 0.1) is 18.7 Å². The van der Waals surface area contributed by atoms with Crippen molar-refractivity contribution < 1.29 is 18.1 Å². The van der Waals surface area contributed by atoms with Gasteiger partial charge in [-0.05, 0) is 31.4 Å². The van der Waals surface area contributed by atoms with Crippen LogP contribution in [0.5, 0.6) is 0 Å². The third-order valence-corrected chi connectivity index (χ3v) is 5.61. The maximum absolute atomic E-state index is 13.8. The van der Waals surface area contributed by atoms with Gasteiger partial charge in [-0.25, -0.2) is 4.39 Å². The summed E-state index contributed by atoms with van der Waals surface area (Å²) in [6.45, 7) is 3.58. The molecule has 0 spiro atoms. The number of rotatable bonds is 5. The largest absolute Gasteiger partial charge is 0.420 e. The molecule has 0 aliphatic carbocycles. The molecule has 8 heteroatoms. The van der Waals surface area contributed by atoms with Gasteiger partial charge >= 0.3 is 0 Å². The average molecular weight is 420 g/mol. The first-order valence-corrected chi connectivity index (χ1v) is 10.2. The molecule has 31 heavy (non-hydrogen) atoms. The standard InChI is InChI=1S/C23H21FN4O3/c1-14-19(20(27-31-14)16-6-3-2-4-7-16)22(29)28-11-10-15(13-28)12-25-23-26-18-9-5-8-17(24)21(18)30-23/h2-9,15H,10-13H2,1H3,(H,25,26)/t15-/m0/s1. The Morgan fingerprint density at radius 3 is 2.87 bits per heavy atom. The molecule has 1 aliphatic heterocycles. The quantitative estimate of drug-likeness (QED) is 0.512. The number of benzene rings is 2. The lowest BCUT2D eigenvalue weighted by atomic mass is 10.1. The van der Waals surface area contributed by atoms with Crippen LogP contribution >= 0.6 is 0 Å². The van der Waals surface area contributed by atoms with Gasteiger partial charge in [0.25, 0.3) is 11.9 Å². The molecular formula is C23H21FN4O3. The average Bonchev–Trinajstić information content (AvgIpc) is 3.51. The van der Waals surface area contributed by atoms with E-state index in [4.69, 9.17) is 8.94 Å². The number of hydrogen-bond donors (Lipinski definition) is 1. The van der Waals surface area contributed by atoms with Crippen LogP contribution in [0.15, 0.2) is 57.5 Å². The second kappa shape index (κ2) is 7.86. The first-order chi connectivity index (χ1) is 15.1. The van der Waals surface area contributed by atoms with E-state index in [0.717, 1.165) is 12.0 Å². The SMILES string of the molecule is Cc1onc(-c2ccccc2)c1C(=O)N1CC[C@@H](CNc2nc3cccc(F)c3o2)C1. The van der Waals surface area contributed by atoms with E-state index in [9.17, 15) is 9.18 Å². The maximum Gasteiger partial charge on any atom is 0.295 e. The third kappa shape index (κ3) is 3.65. The minimum absolute atomic E-state index is 0.0796. The summed E-state index contributed by atoms with van der Waals surface area (Å²) in [5.74, 6) is 0.223. The number of nitrogens with zero attached hydrogens (tertiary/aromatic N) is 3. The van der Waals surface area contributed by atoms with Crippen LogP contribution < -0.4 is 5.32 Å². The van der Waals surface area contributed by atoms with Crippen molar-refractivity contribution in [2.45, 2.75) is 13.3 Å². The monoisotopic (exact) mass is 420 g/mol. The zero-order valence-electron chi connectivity index (χ0n) is 17.0. The Morgan fingerprint density at radius 1 is 1.23 bits per heavy atom. The molecule has 0 radical (unpaired) electrons. The molecular weight excluding hydrogens is 399 g/mol. The van der Waals surface area contributed by atoms with Crippen LogP contribution in [0.3, 0.4) is 0 Å². The number of amides is 1. The summed E-state index contributed by atoms with van der Waals surface area (Å²) >= 11 is 0. The van der Waals surface area contributed by atoms with Gasteiger partial charge in [-0.15, -0.1) is 0 Å². The van der Waals surface area contributed by atoms with Crippen LogP contribution in [-0.2, 0) is 0 Å². The second-order valence-corrected chi connectivity index (χ2v) is 7.72. The van der Waals surface area contributed by atoms with E-state index < -0.39 is 5.82 Å². The van der Waals surface area contributed by atoms with E-state index in [1.807, 2.05) is 35.2 Å². The number of carbonyl (C=O) groups excluding carboxylic acids is 1. The summed E-state index contributed by atoms with van der Waals surface area (Å²) in [6.07, 6.45) is 0.846. The number of para-hydroxylation sites is 1. The topological polar surface area (TPSA) is 84.4 Å². The van der Waals surface area contributed by atoms with E-state index >= 15 is 0 Å². The predicted molar refractivity (Wildman–Crippen MR) is 113 cm³/mol. The van der Waals surface area contributed by atoms with E-state index in [1.54, 1.807) is 19.1 Å². The van der Waals surface area contributed by atoms with Gasteiger partial charge < -0.3 is 19.2 Å². The Balaban J connectivity index is 1.26. The highest BCUT2D eigenvalue weighted by atomic mass is 19.1. The molecule has 5 rings (SSSR count). The smallest absolute Gasteiger partial charge is 0.295 e. The highest BCUT2D eigenvalue weighted by molar-refractivity contribution is 6.00. The number of anilines is 1. The van der Waals surface area contributed by atoms with Crippen molar-refractivity contribution >= 4 is 23.0 Å². The molecule has 1 fully saturated rings. The Bertz CT molecular complexity index is 1230. The van der Waals surface area contributed by atoms with Crippen molar-refractivity contribution in [1.29, 1.82) is 0 Å². The minimum atomic E-state index is -0.436. The van der Waals surface area contributed by atoms with Crippen LogP contribution in [0.2, 0.25) is 0 Å². The lowest BCUT2D eigenvalue weighted by Crippen LogP contribution is -2.30. The van der Waals surface area contributed by atoms with Crippen LogP contribution in [-0.4, -0.2) is 40.6 Å². The van der Waals surface area contributed by atoms with Crippen molar-refractivity contribution in [2.75, 3.05) is 25.0 Å². The van der Waals surface area contributed by atoms with E-state index in [-0.39, 0.29) is 23.4 Å². The molecule has 158 valence electrons. The van der Waals surface area contributed by atoms with Crippen LogP contribution in [0.4, 0.5) is 10.4 Å². The van der Waals surface area contributed by atoms with Gasteiger partial charge in [-0.2, -0.15) is 4.98 Å². The molecule has 0 bridgehead atoms. The van der Waals surface area contributed by atoms with Gasteiger partial charge in [0.15, 0.2) is 11.4 Å². The van der Waals surface area contributed by atoms with Crippen LogP contribution in [0.25, 0.3) is 22.4 Å². The molecule has 1 saturated heterocycles. The molecule has 1 N–H and O–H groups in total. The van der Waals surface area contributed by atoms with Gasteiger partial charge in [-0.1, -0.05) is 41.6 Å². The second-order valence-electron chi connectivity index (χ2n) is 7.72. The summed E-state index contributed by atoms with van der Waals surface area (Å²) < 4.78 is 24.6. The van der Waals surface area contributed by atoms with E-state index in [2.05, 4.69) is 15.5 Å². The summed E-state index contributed by atoms with van der Waals surface area (Å²) in [4.78, 5) is 19.3. The molecule has 4 aromatic rings. The number of hydrogen-bond acceptors (Lipinski definition) is 6. The molecule has 1 amide bonds. The Kier molecular flexibility index (Phi) is 4.89. The maximum atomic E-state index is 13.8. The number of carbonyl (C=O) groups is 1. The molecule has 1 aliphatic rings. The van der Waals surface area contributed by atoms with Crippen molar-refractivity contribution in [3.05, 3.63) is 65.7 Å². The highest BCUT2D eigenvalue weighted by Crippen LogP contribution is 2.29. The van der Waals surface area contributed by atoms with Gasteiger partial charge in [0.05, 0.1) is 0 Å². The number of nitrogens with one attached hydrogen (secondary N) is 1. The first kappa shape index (κ1) is 19.3. The van der Waals surface area contributed by atoms with E-state index in [1.165, 1.54) is 6.07 Å². The Morgan fingerprint density at radius 2 is 2.06 bits per heavy atom. The van der Waals surface area contributed by atoms with E-state index in [0.29, 0.717) is 42.2 Å². The highest BCUT2D eigenvalue weighted by Gasteiger charge is 2.31. The number of halogens is 1. The van der Waals surface area contributed by atoms with Crippen molar-refractivity contribution in [1.82, 2.24) is 15.0 Å². The molecule has 0 saturated carbocycles. The lowest BCUT2D eigenvalue weighted by molar-refractivity contribution is 0.0786. The third-order valence-electron chi connectivity index (χ3n) is 5.61. The summed E-state index contributed by atoms with van der Waals surface area (Å²) in [5.41, 5.74) is 2.54. The Labute approximate surface area is 177 Å². The van der Waals surface area contributed by atoms with Gasteiger partial charge in [-0.3, -0.25) is 4.79 Å². The van der Waals surface area contributed by atoms with Gasteiger partial charge in [0.2, 0.25) is 0 Å². The normalized spacial score (nSPS) is 16.2. The number of aryl methyl sites for hydroxylation is 1. The molecule has 0 unspecified atom stereocenters. The zero-order valence-corrected chi connectivity index (χ0v) is 17.0. The number of likely N-dealkylation sites (tertiary alicyclic amines) is 1. The van der Waals surface area contributed by atoms with Crippen LogP contribution in [0.1, 0.15) is 22.5 Å². The van der Waals surface area contributed by atoms with Crippen molar-refractivity contribution in [3.8, 4) is 11.3 Å². The summed E-state index contributed by atoms with van der Waals surface area (Å²) in [7, 11) is 0. The number of oxazole rings is 1. The van der Waals surface area contributed by atoms with Gasteiger partial charge in [0, 0.05) is 25.2 Å². The lowest BCUT2D eigenvalue weighted by Gasteiger charge is -2.17. The fourth-order valence-corrected chi connectivity index (χ4v) is 3.98. The molecule has 2 aromatic heterocycles. The zero-order chi connectivity index (χ0) is 21.4. The predicted octanol–water partition coefficient (Wildman–Crippen LogP) is 4.50. The molecule has 7 nitrogen and oxygen atoms in total. The fraction of sp³-hybridized carbons (Fsp3) is 0.261. The summed E-state index contributed by atoms with van der Waals surface area (Å²) in [6, 6.07) is 14.5. The molecule has 3 heterocycles. The van der Waals surface area contributed by atoms with Crippen molar-refractivity contribution in [2.24, 2.45) is 5.92 Å². The Hall–Kier alpha value is -3.68. The number of aromatic nitrogens is 2. The van der Waals surface area contributed by atoms with Crippen molar-refractivity contribution in [3.63, 3.8) is 0 Å². The van der Waals surface area contributed by atoms with Gasteiger partial charge in [0.1, 0.15) is 22.5 Å². The minimum Gasteiger partial charge on any atom is -0.420 e. The first-order valence-electron chi connectivity index (χ1n) is 10.2. The molecule has 1 atom stereocenters. The summed E-state index contributed by atoms with van der Waals surface area (Å²) in [5, 5.41) is 7.25. The molecule has 2 aromatic carbocycles. The number of fused-ring (bicyclic) bond motifs is 1. The fourth-order valence-electron chi connectivity index (χ4n) is 3.98.